The number of hydrogen-bond donors (Lipinski definition) is 1. The highest BCUT2D eigenvalue weighted by Gasteiger charge is 2.20. The third-order valence-corrected chi connectivity index (χ3v) is 4.97. The largest absolute Gasteiger partial charge is 0.368 e. The van der Waals surface area contributed by atoms with E-state index in [1.54, 1.807) is 0 Å². The molecule has 1 aliphatic rings. The average Bonchev–Trinajstić information content (AvgIpc) is 2.65. The average molecular weight is 352 g/mol. The van der Waals surface area contributed by atoms with E-state index >= 15 is 0 Å². The Hall–Kier alpha value is -0.670. The summed E-state index contributed by atoms with van der Waals surface area (Å²) in [4.78, 5) is 12.0. The zero-order valence-corrected chi connectivity index (χ0v) is 16.6. The van der Waals surface area contributed by atoms with E-state index in [2.05, 4.69) is 24.4 Å². The fourth-order valence-corrected chi connectivity index (χ4v) is 3.30. The summed E-state index contributed by atoms with van der Waals surface area (Å²) in [7, 11) is 0. The molecule has 1 rings (SSSR count). The van der Waals surface area contributed by atoms with Crippen LogP contribution >= 0.6 is 0 Å². The lowest BCUT2D eigenvalue weighted by Gasteiger charge is -2.22. The summed E-state index contributed by atoms with van der Waals surface area (Å²) >= 11 is 0. The molecular formula is C22H41NO2. The number of carbonyl (C=O) groups excluding carboxylic acids is 1. The summed E-state index contributed by atoms with van der Waals surface area (Å²) in [5, 5.41) is 3.22. The van der Waals surface area contributed by atoms with Gasteiger partial charge in [0.2, 0.25) is 0 Å². The first-order chi connectivity index (χ1) is 12.3. The van der Waals surface area contributed by atoms with Crippen LogP contribution in [0.4, 0.5) is 0 Å². The molecule has 0 amide bonds. The highest BCUT2D eigenvalue weighted by molar-refractivity contribution is 5.83. The third-order valence-electron chi connectivity index (χ3n) is 4.97. The van der Waals surface area contributed by atoms with Gasteiger partial charge in [0.15, 0.2) is 5.78 Å². The lowest BCUT2D eigenvalue weighted by Crippen LogP contribution is -2.43. The van der Waals surface area contributed by atoms with Crippen LogP contribution in [0.5, 0.6) is 0 Å². The van der Waals surface area contributed by atoms with Crippen molar-refractivity contribution in [3.63, 3.8) is 0 Å². The number of morpholine rings is 1. The summed E-state index contributed by atoms with van der Waals surface area (Å²) in [6.45, 7) is 4.51. The standard InChI is InChI=1S/C22H41NO2/c1-2-3-4-5-6-7-8-9-10-11-12-13-14-15-16-17-21(24)22-20-23-18-19-25-22/h9-10,22-23H,2-8,11-20H2,1H3/b10-9-. The maximum atomic E-state index is 12.0. The number of rotatable bonds is 16. The van der Waals surface area contributed by atoms with E-state index in [4.69, 9.17) is 4.74 Å². The molecule has 0 aromatic heterocycles. The van der Waals surface area contributed by atoms with E-state index in [9.17, 15) is 4.79 Å². The fourth-order valence-electron chi connectivity index (χ4n) is 3.30. The molecule has 0 saturated carbocycles. The third kappa shape index (κ3) is 13.2. The van der Waals surface area contributed by atoms with E-state index in [0.717, 1.165) is 13.0 Å². The Balaban J connectivity index is 1.79. The van der Waals surface area contributed by atoms with E-state index in [0.29, 0.717) is 19.6 Å². The number of nitrogens with one attached hydrogen (secondary N) is 1. The quantitative estimate of drug-likeness (QED) is 0.291. The number of carbonyl (C=O) groups is 1. The molecule has 0 spiro atoms. The van der Waals surface area contributed by atoms with Gasteiger partial charge in [-0.15, -0.1) is 0 Å². The van der Waals surface area contributed by atoms with Gasteiger partial charge in [0.05, 0.1) is 6.61 Å². The molecule has 1 unspecified atom stereocenters. The van der Waals surface area contributed by atoms with Crippen LogP contribution in [-0.4, -0.2) is 31.6 Å². The van der Waals surface area contributed by atoms with Crippen LogP contribution in [0.3, 0.4) is 0 Å². The second-order valence-corrected chi connectivity index (χ2v) is 7.36. The number of ether oxygens (including phenoxy) is 1. The first-order valence-electron chi connectivity index (χ1n) is 10.8. The molecule has 1 fully saturated rings. The Labute approximate surface area is 156 Å². The molecule has 1 heterocycles. The molecule has 3 nitrogen and oxygen atoms in total. The van der Waals surface area contributed by atoms with E-state index in [1.807, 2.05) is 0 Å². The maximum Gasteiger partial charge on any atom is 0.162 e. The van der Waals surface area contributed by atoms with Crippen molar-refractivity contribution in [3.8, 4) is 0 Å². The molecule has 25 heavy (non-hydrogen) atoms. The van der Waals surface area contributed by atoms with E-state index < -0.39 is 0 Å². The number of ketones is 1. The van der Waals surface area contributed by atoms with Crippen molar-refractivity contribution in [2.24, 2.45) is 0 Å². The molecule has 146 valence electrons. The minimum atomic E-state index is -0.189. The van der Waals surface area contributed by atoms with Crippen LogP contribution in [0.2, 0.25) is 0 Å². The minimum Gasteiger partial charge on any atom is -0.368 e. The summed E-state index contributed by atoms with van der Waals surface area (Å²) in [6, 6.07) is 0. The zero-order valence-electron chi connectivity index (χ0n) is 16.6. The molecule has 0 aromatic carbocycles. The fraction of sp³-hybridized carbons (Fsp3) is 0.864. The van der Waals surface area contributed by atoms with Crippen molar-refractivity contribution in [1.29, 1.82) is 0 Å². The number of Topliss-reactive ketones (excluding diaryl/α,β-unsaturated/α-hetero) is 1. The van der Waals surface area contributed by atoms with Gasteiger partial charge in [-0.05, 0) is 32.1 Å². The van der Waals surface area contributed by atoms with Gasteiger partial charge in [0.1, 0.15) is 6.10 Å². The number of allylic oxidation sites excluding steroid dienone is 2. The van der Waals surface area contributed by atoms with Crippen molar-refractivity contribution in [2.75, 3.05) is 19.7 Å². The van der Waals surface area contributed by atoms with Crippen molar-refractivity contribution >= 4 is 5.78 Å². The smallest absolute Gasteiger partial charge is 0.162 e. The highest BCUT2D eigenvalue weighted by Crippen LogP contribution is 2.11. The maximum absolute atomic E-state index is 12.0. The normalized spacial score (nSPS) is 18.0. The van der Waals surface area contributed by atoms with Gasteiger partial charge in [-0.25, -0.2) is 0 Å². The predicted octanol–water partition coefficient (Wildman–Crippen LogP) is 5.58. The van der Waals surface area contributed by atoms with Crippen LogP contribution in [0, 0.1) is 0 Å². The monoisotopic (exact) mass is 351 g/mol. The number of unbranched alkanes of at least 4 members (excludes halogenated alkanes) is 11. The molecular weight excluding hydrogens is 310 g/mol. The molecule has 1 aliphatic heterocycles. The second-order valence-electron chi connectivity index (χ2n) is 7.36. The van der Waals surface area contributed by atoms with Crippen LogP contribution < -0.4 is 5.32 Å². The van der Waals surface area contributed by atoms with Crippen LogP contribution in [0.15, 0.2) is 12.2 Å². The van der Waals surface area contributed by atoms with Crippen LogP contribution in [-0.2, 0) is 9.53 Å². The van der Waals surface area contributed by atoms with Crippen molar-refractivity contribution in [1.82, 2.24) is 5.32 Å². The van der Waals surface area contributed by atoms with E-state index in [-0.39, 0.29) is 11.9 Å². The zero-order chi connectivity index (χ0) is 18.0. The SMILES string of the molecule is CCCCCCCC/C=C\CCCCCCCC(=O)C1CNCCO1. The molecule has 3 heteroatoms. The molecule has 1 saturated heterocycles. The summed E-state index contributed by atoms with van der Waals surface area (Å²) in [5.74, 6) is 0.282. The lowest BCUT2D eigenvalue weighted by molar-refractivity contribution is -0.132. The second kappa shape index (κ2) is 16.8. The molecule has 0 bridgehead atoms. The summed E-state index contributed by atoms with van der Waals surface area (Å²) < 4.78 is 5.49. The van der Waals surface area contributed by atoms with Gasteiger partial charge in [-0.2, -0.15) is 0 Å². The van der Waals surface area contributed by atoms with Gasteiger partial charge in [-0.3, -0.25) is 4.79 Å². The Morgan fingerprint density at radius 3 is 2.12 bits per heavy atom. The Kier molecular flexibility index (Phi) is 15.0. The Morgan fingerprint density at radius 1 is 0.920 bits per heavy atom. The van der Waals surface area contributed by atoms with Gasteiger partial charge >= 0.3 is 0 Å². The first-order valence-corrected chi connectivity index (χ1v) is 10.8. The van der Waals surface area contributed by atoms with Crippen molar-refractivity contribution in [2.45, 2.75) is 103 Å². The summed E-state index contributed by atoms with van der Waals surface area (Å²) in [5.41, 5.74) is 0. The van der Waals surface area contributed by atoms with Crippen molar-refractivity contribution in [3.05, 3.63) is 12.2 Å². The van der Waals surface area contributed by atoms with Gasteiger partial charge in [0.25, 0.3) is 0 Å². The molecule has 0 radical (unpaired) electrons. The topological polar surface area (TPSA) is 38.3 Å². The van der Waals surface area contributed by atoms with Gasteiger partial charge < -0.3 is 10.1 Å². The molecule has 1 N–H and O–H groups in total. The first kappa shape index (κ1) is 22.4. The van der Waals surface area contributed by atoms with Gasteiger partial charge in [-0.1, -0.05) is 70.4 Å². The van der Waals surface area contributed by atoms with Crippen LogP contribution in [0.1, 0.15) is 96.8 Å². The Morgan fingerprint density at radius 2 is 1.52 bits per heavy atom. The summed E-state index contributed by atoms with van der Waals surface area (Å²) in [6.07, 6.45) is 22.0. The highest BCUT2D eigenvalue weighted by atomic mass is 16.5. The van der Waals surface area contributed by atoms with Gasteiger partial charge in [0, 0.05) is 19.5 Å². The number of hydrogen-bond acceptors (Lipinski definition) is 3. The predicted molar refractivity (Wildman–Crippen MR) is 107 cm³/mol. The molecule has 0 aromatic rings. The molecule has 0 aliphatic carbocycles. The van der Waals surface area contributed by atoms with Crippen LogP contribution in [0.25, 0.3) is 0 Å². The molecule has 1 atom stereocenters. The van der Waals surface area contributed by atoms with Crippen molar-refractivity contribution < 1.29 is 9.53 Å². The minimum absolute atomic E-state index is 0.189. The lowest BCUT2D eigenvalue weighted by atomic mass is 10.0. The Bertz CT molecular complexity index is 335. The van der Waals surface area contributed by atoms with E-state index in [1.165, 1.54) is 77.0 Å².